The molecule has 18 heavy (non-hydrogen) atoms. The Labute approximate surface area is 112 Å². The van der Waals surface area contributed by atoms with Crippen molar-refractivity contribution in [2.45, 2.75) is 65.0 Å². The molecule has 1 saturated carbocycles. The molecule has 1 aromatic carbocycles. The highest BCUT2D eigenvalue weighted by Crippen LogP contribution is 2.27. The summed E-state index contributed by atoms with van der Waals surface area (Å²) >= 11 is 0. The summed E-state index contributed by atoms with van der Waals surface area (Å²) in [4.78, 5) is 0. The van der Waals surface area contributed by atoms with Crippen molar-refractivity contribution in [2.75, 3.05) is 0 Å². The SMILES string of the molecule is Cc1ccc(CC2CCC(NC(C)C)CC2)cc1. The molecule has 1 heteroatoms. The zero-order chi connectivity index (χ0) is 13.0. The minimum absolute atomic E-state index is 0.628. The molecule has 0 heterocycles. The summed E-state index contributed by atoms with van der Waals surface area (Å²) in [6, 6.07) is 10.5. The van der Waals surface area contributed by atoms with Gasteiger partial charge in [-0.1, -0.05) is 43.7 Å². The van der Waals surface area contributed by atoms with E-state index in [1.54, 1.807) is 0 Å². The maximum atomic E-state index is 3.67. The summed E-state index contributed by atoms with van der Waals surface area (Å²) in [6.45, 7) is 6.66. The van der Waals surface area contributed by atoms with Gasteiger partial charge in [0.15, 0.2) is 0 Å². The monoisotopic (exact) mass is 245 g/mol. The molecule has 1 aromatic rings. The van der Waals surface area contributed by atoms with Crippen LogP contribution < -0.4 is 5.32 Å². The fourth-order valence-corrected chi connectivity index (χ4v) is 3.06. The lowest BCUT2D eigenvalue weighted by molar-refractivity contribution is 0.280. The summed E-state index contributed by atoms with van der Waals surface area (Å²) in [5, 5.41) is 3.67. The Hall–Kier alpha value is -0.820. The van der Waals surface area contributed by atoms with E-state index in [4.69, 9.17) is 0 Å². The third-order valence-corrected chi connectivity index (χ3v) is 4.06. The van der Waals surface area contributed by atoms with E-state index in [2.05, 4.69) is 50.4 Å². The molecule has 1 nitrogen and oxygen atoms in total. The zero-order valence-electron chi connectivity index (χ0n) is 12.1. The Bertz CT molecular complexity index is 344. The minimum atomic E-state index is 0.628. The Morgan fingerprint density at radius 2 is 1.67 bits per heavy atom. The second kappa shape index (κ2) is 6.38. The van der Waals surface area contributed by atoms with E-state index in [-0.39, 0.29) is 0 Å². The van der Waals surface area contributed by atoms with Gasteiger partial charge in [0.1, 0.15) is 0 Å². The van der Waals surface area contributed by atoms with E-state index in [0.29, 0.717) is 6.04 Å². The van der Waals surface area contributed by atoms with Gasteiger partial charge in [0.2, 0.25) is 0 Å². The summed E-state index contributed by atoms with van der Waals surface area (Å²) in [7, 11) is 0. The molecule has 0 radical (unpaired) electrons. The van der Waals surface area contributed by atoms with Crippen LogP contribution in [0.25, 0.3) is 0 Å². The number of benzene rings is 1. The first kappa shape index (κ1) is 13.6. The predicted octanol–water partition coefficient (Wildman–Crippen LogP) is 4.09. The fourth-order valence-electron chi connectivity index (χ4n) is 3.06. The van der Waals surface area contributed by atoms with Crippen molar-refractivity contribution in [3.05, 3.63) is 35.4 Å². The maximum Gasteiger partial charge on any atom is 0.00696 e. The topological polar surface area (TPSA) is 12.0 Å². The first-order chi connectivity index (χ1) is 8.63. The van der Waals surface area contributed by atoms with Crippen LogP contribution in [0.1, 0.15) is 50.7 Å². The zero-order valence-corrected chi connectivity index (χ0v) is 12.1. The van der Waals surface area contributed by atoms with Crippen LogP contribution in [-0.2, 0) is 6.42 Å². The summed E-state index contributed by atoms with van der Waals surface area (Å²) < 4.78 is 0. The lowest BCUT2D eigenvalue weighted by Gasteiger charge is -2.30. The van der Waals surface area contributed by atoms with E-state index < -0.39 is 0 Å². The quantitative estimate of drug-likeness (QED) is 0.842. The molecule has 1 N–H and O–H groups in total. The molecule has 0 amide bonds. The molecule has 1 fully saturated rings. The average molecular weight is 245 g/mol. The Balaban J connectivity index is 1.78. The van der Waals surface area contributed by atoms with Gasteiger partial charge in [-0.15, -0.1) is 0 Å². The molecule has 2 rings (SSSR count). The summed E-state index contributed by atoms with van der Waals surface area (Å²) in [5.41, 5.74) is 2.88. The highest BCUT2D eigenvalue weighted by Gasteiger charge is 2.21. The summed E-state index contributed by atoms with van der Waals surface area (Å²) in [6.07, 6.45) is 6.76. The van der Waals surface area contributed by atoms with Crippen LogP contribution in [0, 0.1) is 12.8 Å². The van der Waals surface area contributed by atoms with Crippen molar-refractivity contribution in [1.82, 2.24) is 5.32 Å². The summed E-state index contributed by atoms with van der Waals surface area (Å²) in [5.74, 6) is 0.901. The number of aryl methyl sites for hydroxylation is 1. The molecule has 0 spiro atoms. The standard InChI is InChI=1S/C17H27N/c1-13(2)18-17-10-8-16(9-11-17)12-15-6-4-14(3)5-7-15/h4-7,13,16-18H,8-12H2,1-3H3. The van der Waals surface area contributed by atoms with Crippen molar-refractivity contribution >= 4 is 0 Å². The normalized spacial score (nSPS) is 24.4. The van der Waals surface area contributed by atoms with Gasteiger partial charge in [-0.05, 0) is 50.5 Å². The molecule has 0 saturated heterocycles. The number of rotatable bonds is 4. The molecule has 0 atom stereocenters. The van der Waals surface area contributed by atoms with Crippen molar-refractivity contribution < 1.29 is 0 Å². The second-order valence-electron chi connectivity index (χ2n) is 6.23. The van der Waals surface area contributed by atoms with E-state index in [9.17, 15) is 0 Å². The van der Waals surface area contributed by atoms with Crippen LogP contribution in [0.2, 0.25) is 0 Å². The van der Waals surface area contributed by atoms with Gasteiger partial charge in [-0.3, -0.25) is 0 Å². The van der Waals surface area contributed by atoms with Gasteiger partial charge >= 0.3 is 0 Å². The Kier molecular flexibility index (Phi) is 4.82. The van der Waals surface area contributed by atoms with Gasteiger partial charge in [-0.25, -0.2) is 0 Å². The van der Waals surface area contributed by atoms with Crippen LogP contribution in [0.15, 0.2) is 24.3 Å². The number of hydrogen-bond donors (Lipinski definition) is 1. The van der Waals surface area contributed by atoms with Gasteiger partial charge in [-0.2, -0.15) is 0 Å². The Morgan fingerprint density at radius 3 is 2.22 bits per heavy atom. The van der Waals surface area contributed by atoms with Crippen LogP contribution in [-0.4, -0.2) is 12.1 Å². The van der Waals surface area contributed by atoms with E-state index in [1.165, 1.54) is 43.2 Å². The minimum Gasteiger partial charge on any atom is -0.312 e. The third-order valence-electron chi connectivity index (χ3n) is 4.06. The molecule has 0 unspecified atom stereocenters. The first-order valence-electron chi connectivity index (χ1n) is 7.45. The van der Waals surface area contributed by atoms with Gasteiger partial charge in [0.05, 0.1) is 0 Å². The van der Waals surface area contributed by atoms with Crippen LogP contribution >= 0.6 is 0 Å². The molecule has 0 aromatic heterocycles. The maximum absolute atomic E-state index is 3.67. The van der Waals surface area contributed by atoms with Crippen molar-refractivity contribution in [1.29, 1.82) is 0 Å². The predicted molar refractivity (Wildman–Crippen MR) is 78.9 cm³/mol. The molecule has 100 valence electrons. The second-order valence-corrected chi connectivity index (χ2v) is 6.23. The lowest BCUT2D eigenvalue weighted by atomic mass is 9.82. The first-order valence-corrected chi connectivity index (χ1v) is 7.45. The Morgan fingerprint density at radius 1 is 1.06 bits per heavy atom. The molecule has 0 aliphatic heterocycles. The fraction of sp³-hybridized carbons (Fsp3) is 0.647. The van der Waals surface area contributed by atoms with E-state index >= 15 is 0 Å². The van der Waals surface area contributed by atoms with Gasteiger partial charge in [0, 0.05) is 12.1 Å². The number of hydrogen-bond acceptors (Lipinski definition) is 1. The molecule has 0 bridgehead atoms. The lowest BCUT2D eigenvalue weighted by Crippen LogP contribution is -2.37. The van der Waals surface area contributed by atoms with E-state index in [0.717, 1.165) is 12.0 Å². The van der Waals surface area contributed by atoms with Crippen molar-refractivity contribution in [2.24, 2.45) is 5.92 Å². The van der Waals surface area contributed by atoms with Crippen LogP contribution in [0.4, 0.5) is 0 Å². The average Bonchev–Trinajstić information content (AvgIpc) is 2.34. The molecular formula is C17H27N. The molecule has 1 aliphatic rings. The van der Waals surface area contributed by atoms with Crippen molar-refractivity contribution in [3.8, 4) is 0 Å². The molecular weight excluding hydrogens is 218 g/mol. The van der Waals surface area contributed by atoms with Gasteiger partial charge < -0.3 is 5.32 Å². The third kappa shape index (κ3) is 4.13. The number of nitrogens with one attached hydrogen (secondary N) is 1. The van der Waals surface area contributed by atoms with Crippen LogP contribution in [0.5, 0.6) is 0 Å². The highest BCUT2D eigenvalue weighted by atomic mass is 14.9. The highest BCUT2D eigenvalue weighted by molar-refractivity contribution is 5.21. The van der Waals surface area contributed by atoms with Gasteiger partial charge in [0.25, 0.3) is 0 Å². The van der Waals surface area contributed by atoms with Crippen molar-refractivity contribution in [3.63, 3.8) is 0 Å². The largest absolute Gasteiger partial charge is 0.312 e. The van der Waals surface area contributed by atoms with Crippen LogP contribution in [0.3, 0.4) is 0 Å². The smallest absolute Gasteiger partial charge is 0.00696 e. The molecule has 1 aliphatic carbocycles. The van der Waals surface area contributed by atoms with E-state index in [1.807, 2.05) is 0 Å².